The maximum absolute atomic E-state index is 12.1. The molecule has 1 aromatic rings. The SMILES string of the molecule is CC1CCCC(C(=O)Nc2ccc(Cl)c(Cl)c2)N1. The Balaban J connectivity index is 2.00. The van der Waals surface area contributed by atoms with E-state index < -0.39 is 0 Å². The van der Waals surface area contributed by atoms with Gasteiger partial charge in [0.2, 0.25) is 5.91 Å². The van der Waals surface area contributed by atoms with Crippen LogP contribution in [0.2, 0.25) is 10.0 Å². The molecule has 0 aliphatic carbocycles. The highest BCUT2D eigenvalue weighted by Gasteiger charge is 2.24. The number of anilines is 1. The van der Waals surface area contributed by atoms with Crippen molar-refractivity contribution in [3.8, 4) is 0 Å². The fourth-order valence-electron chi connectivity index (χ4n) is 2.15. The second-order valence-electron chi connectivity index (χ2n) is 4.67. The molecule has 0 saturated carbocycles. The maximum atomic E-state index is 12.1. The third-order valence-corrected chi connectivity index (χ3v) is 3.86. The Morgan fingerprint density at radius 3 is 2.78 bits per heavy atom. The molecule has 1 fully saturated rings. The first-order valence-corrected chi connectivity index (χ1v) is 6.84. The summed E-state index contributed by atoms with van der Waals surface area (Å²) in [7, 11) is 0. The van der Waals surface area contributed by atoms with Crippen molar-refractivity contribution in [2.45, 2.75) is 38.3 Å². The predicted octanol–water partition coefficient (Wildman–Crippen LogP) is 3.46. The van der Waals surface area contributed by atoms with Gasteiger partial charge in [-0.25, -0.2) is 0 Å². The Morgan fingerprint density at radius 1 is 1.33 bits per heavy atom. The Hall–Kier alpha value is -0.770. The van der Waals surface area contributed by atoms with Gasteiger partial charge in [-0.3, -0.25) is 4.79 Å². The summed E-state index contributed by atoms with van der Waals surface area (Å²) >= 11 is 11.7. The summed E-state index contributed by atoms with van der Waals surface area (Å²) in [6, 6.07) is 5.36. The first-order chi connectivity index (χ1) is 8.56. The van der Waals surface area contributed by atoms with Crippen molar-refractivity contribution in [2.75, 3.05) is 5.32 Å². The highest BCUT2D eigenvalue weighted by molar-refractivity contribution is 6.42. The summed E-state index contributed by atoms with van der Waals surface area (Å²) in [4.78, 5) is 12.1. The average molecular weight is 287 g/mol. The molecule has 1 amide bonds. The molecule has 2 rings (SSSR count). The molecule has 0 bridgehead atoms. The molecule has 1 aromatic carbocycles. The van der Waals surface area contributed by atoms with Crippen LogP contribution in [0, 0.1) is 0 Å². The monoisotopic (exact) mass is 286 g/mol. The van der Waals surface area contributed by atoms with E-state index in [9.17, 15) is 4.79 Å². The van der Waals surface area contributed by atoms with Crippen molar-refractivity contribution in [3.05, 3.63) is 28.2 Å². The van der Waals surface area contributed by atoms with Gasteiger partial charge in [0.15, 0.2) is 0 Å². The van der Waals surface area contributed by atoms with E-state index in [-0.39, 0.29) is 11.9 Å². The van der Waals surface area contributed by atoms with E-state index >= 15 is 0 Å². The molecular weight excluding hydrogens is 271 g/mol. The molecule has 2 N–H and O–H groups in total. The van der Waals surface area contributed by atoms with Crippen LogP contribution in [-0.4, -0.2) is 18.0 Å². The van der Waals surface area contributed by atoms with Crippen LogP contribution in [0.5, 0.6) is 0 Å². The number of halogens is 2. The molecule has 5 heteroatoms. The standard InChI is InChI=1S/C13H16Cl2N2O/c1-8-3-2-4-12(16-8)13(18)17-9-5-6-10(14)11(15)7-9/h5-8,12,16H,2-4H2,1H3,(H,17,18). The molecule has 1 saturated heterocycles. The predicted molar refractivity (Wildman–Crippen MR) is 75.3 cm³/mol. The van der Waals surface area contributed by atoms with Crippen molar-refractivity contribution in [3.63, 3.8) is 0 Å². The molecule has 0 aromatic heterocycles. The van der Waals surface area contributed by atoms with Crippen molar-refractivity contribution in [1.29, 1.82) is 0 Å². The number of carbonyl (C=O) groups is 1. The lowest BCUT2D eigenvalue weighted by Crippen LogP contribution is -2.47. The Morgan fingerprint density at radius 2 is 2.11 bits per heavy atom. The molecule has 3 nitrogen and oxygen atoms in total. The zero-order chi connectivity index (χ0) is 13.1. The molecule has 18 heavy (non-hydrogen) atoms. The number of hydrogen-bond donors (Lipinski definition) is 2. The third-order valence-electron chi connectivity index (χ3n) is 3.12. The lowest BCUT2D eigenvalue weighted by atomic mass is 9.99. The normalized spacial score (nSPS) is 23.7. The van der Waals surface area contributed by atoms with Crippen molar-refractivity contribution < 1.29 is 4.79 Å². The minimum absolute atomic E-state index is 0.0139. The van der Waals surface area contributed by atoms with Crippen LogP contribution in [-0.2, 0) is 4.79 Å². The molecule has 0 radical (unpaired) electrons. The first kappa shape index (κ1) is 13.7. The lowest BCUT2D eigenvalue weighted by molar-refractivity contribution is -0.118. The van der Waals surface area contributed by atoms with Crippen molar-refractivity contribution >= 4 is 34.8 Å². The summed E-state index contributed by atoms with van der Waals surface area (Å²) in [5, 5.41) is 7.08. The van der Waals surface area contributed by atoms with E-state index in [0.717, 1.165) is 19.3 Å². The quantitative estimate of drug-likeness (QED) is 0.874. The fraction of sp³-hybridized carbons (Fsp3) is 0.462. The topological polar surface area (TPSA) is 41.1 Å². The van der Waals surface area contributed by atoms with E-state index in [1.807, 2.05) is 0 Å². The van der Waals surface area contributed by atoms with Gasteiger partial charge in [0, 0.05) is 11.7 Å². The summed E-state index contributed by atoms with van der Waals surface area (Å²) < 4.78 is 0. The first-order valence-electron chi connectivity index (χ1n) is 6.08. The van der Waals surface area contributed by atoms with E-state index in [2.05, 4.69) is 17.6 Å². The number of hydrogen-bond acceptors (Lipinski definition) is 2. The van der Waals surface area contributed by atoms with Gasteiger partial charge >= 0.3 is 0 Å². The van der Waals surface area contributed by atoms with Crippen LogP contribution in [0.15, 0.2) is 18.2 Å². The van der Waals surface area contributed by atoms with Crippen molar-refractivity contribution in [1.82, 2.24) is 5.32 Å². The van der Waals surface area contributed by atoms with Gasteiger partial charge < -0.3 is 10.6 Å². The Bertz CT molecular complexity index is 451. The molecule has 2 unspecified atom stereocenters. The van der Waals surface area contributed by atoms with E-state index in [1.54, 1.807) is 18.2 Å². The number of nitrogens with one attached hydrogen (secondary N) is 2. The molecule has 2 atom stereocenters. The van der Waals surface area contributed by atoms with Gasteiger partial charge in [-0.1, -0.05) is 23.2 Å². The van der Waals surface area contributed by atoms with E-state index in [4.69, 9.17) is 23.2 Å². The van der Waals surface area contributed by atoms with Crippen molar-refractivity contribution in [2.24, 2.45) is 0 Å². The van der Waals surface area contributed by atoms with Crippen LogP contribution >= 0.6 is 23.2 Å². The van der Waals surface area contributed by atoms with E-state index in [0.29, 0.717) is 21.8 Å². The minimum Gasteiger partial charge on any atom is -0.325 e. The summed E-state index contributed by atoms with van der Waals surface area (Å²) in [6.45, 7) is 2.10. The average Bonchev–Trinajstić information content (AvgIpc) is 2.34. The summed E-state index contributed by atoms with van der Waals surface area (Å²) in [5.74, 6) is -0.0139. The number of benzene rings is 1. The van der Waals surface area contributed by atoms with Gasteiger partial charge in [0.25, 0.3) is 0 Å². The molecule has 98 valence electrons. The second-order valence-corrected chi connectivity index (χ2v) is 5.48. The molecule has 1 aliphatic rings. The largest absolute Gasteiger partial charge is 0.325 e. The van der Waals surface area contributed by atoms with E-state index in [1.165, 1.54) is 0 Å². The Kier molecular flexibility index (Phi) is 4.49. The molecule has 1 heterocycles. The zero-order valence-electron chi connectivity index (χ0n) is 10.2. The smallest absolute Gasteiger partial charge is 0.241 e. The lowest BCUT2D eigenvalue weighted by Gasteiger charge is -2.27. The third kappa shape index (κ3) is 3.37. The summed E-state index contributed by atoms with van der Waals surface area (Å²) in [5.41, 5.74) is 0.675. The van der Waals surface area contributed by atoms with Gasteiger partial charge in [-0.15, -0.1) is 0 Å². The second kappa shape index (κ2) is 5.91. The number of carbonyl (C=O) groups excluding carboxylic acids is 1. The van der Waals surface area contributed by atoms with Crippen LogP contribution in [0.1, 0.15) is 26.2 Å². The van der Waals surface area contributed by atoms with Gasteiger partial charge in [-0.2, -0.15) is 0 Å². The van der Waals surface area contributed by atoms with Gasteiger partial charge in [0.1, 0.15) is 0 Å². The molecule has 0 spiro atoms. The maximum Gasteiger partial charge on any atom is 0.241 e. The van der Waals surface area contributed by atoms with Gasteiger partial charge in [-0.05, 0) is 44.4 Å². The number of rotatable bonds is 2. The van der Waals surface area contributed by atoms with Crippen LogP contribution < -0.4 is 10.6 Å². The molecule has 1 aliphatic heterocycles. The fourth-order valence-corrected chi connectivity index (χ4v) is 2.45. The number of amides is 1. The summed E-state index contributed by atoms with van der Waals surface area (Å²) in [6.07, 6.45) is 3.07. The molecular formula is C13H16Cl2N2O. The van der Waals surface area contributed by atoms with Crippen LogP contribution in [0.4, 0.5) is 5.69 Å². The van der Waals surface area contributed by atoms with Crippen LogP contribution in [0.25, 0.3) is 0 Å². The van der Waals surface area contributed by atoms with Crippen LogP contribution in [0.3, 0.4) is 0 Å². The Labute approximate surface area is 117 Å². The highest BCUT2D eigenvalue weighted by atomic mass is 35.5. The minimum atomic E-state index is -0.122. The zero-order valence-corrected chi connectivity index (χ0v) is 11.7. The highest BCUT2D eigenvalue weighted by Crippen LogP contribution is 2.25. The van der Waals surface area contributed by atoms with Gasteiger partial charge in [0.05, 0.1) is 16.1 Å². The number of piperidine rings is 1.